The van der Waals surface area contributed by atoms with Crippen molar-refractivity contribution < 1.29 is 18.7 Å². The summed E-state index contributed by atoms with van der Waals surface area (Å²) in [5, 5.41) is 18.3. The van der Waals surface area contributed by atoms with Crippen LogP contribution >= 0.6 is 0 Å². The monoisotopic (exact) mass is 290 g/mol. The predicted molar refractivity (Wildman–Crippen MR) is 70.8 cm³/mol. The van der Waals surface area contributed by atoms with Gasteiger partial charge in [-0.1, -0.05) is 13.8 Å². The highest BCUT2D eigenvalue weighted by atomic mass is 19.3. The Labute approximate surface area is 116 Å². The number of anilines is 1. The number of nitrogens with zero attached hydrogens (tertiary/aromatic N) is 2. The van der Waals surface area contributed by atoms with Crippen LogP contribution in [0.1, 0.15) is 26.7 Å². The van der Waals surface area contributed by atoms with Crippen molar-refractivity contribution in [3.8, 4) is 0 Å². The molecule has 1 heterocycles. The van der Waals surface area contributed by atoms with Crippen LogP contribution in [0.3, 0.4) is 0 Å². The first kappa shape index (κ1) is 16.4. The quantitative estimate of drug-likeness (QED) is 0.716. The second-order valence-electron chi connectivity index (χ2n) is 4.57. The Hall–Kier alpha value is -1.70. The fourth-order valence-electron chi connectivity index (χ4n) is 1.76. The number of urea groups is 1. The minimum Gasteiger partial charge on any atom is -0.394 e. The standard InChI is InChI=1S/C12H20F2N4O2/c1-3-12(4-2,8-19)17-11(20)16-9-5-15-18(6-9)7-10(13)14/h5-6,10,19H,3-4,7-8H2,1-2H3,(H2,16,17,20). The highest BCUT2D eigenvalue weighted by molar-refractivity contribution is 5.89. The maximum absolute atomic E-state index is 12.2. The summed E-state index contributed by atoms with van der Waals surface area (Å²) >= 11 is 0. The number of aliphatic hydroxyl groups excluding tert-OH is 1. The number of carbonyl (C=O) groups excluding carboxylic acids is 1. The second kappa shape index (κ2) is 7.18. The SMILES string of the molecule is CCC(CC)(CO)NC(=O)Nc1cnn(CC(F)F)c1. The van der Waals surface area contributed by atoms with Crippen LogP contribution in [0.5, 0.6) is 0 Å². The van der Waals surface area contributed by atoms with Crippen molar-refractivity contribution in [1.29, 1.82) is 0 Å². The lowest BCUT2D eigenvalue weighted by Crippen LogP contribution is -2.51. The number of alkyl halides is 2. The van der Waals surface area contributed by atoms with E-state index in [9.17, 15) is 18.7 Å². The first-order valence-electron chi connectivity index (χ1n) is 6.45. The van der Waals surface area contributed by atoms with E-state index in [0.29, 0.717) is 18.5 Å². The maximum Gasteiger partial charge on any atom is 0.319 e. The lowest BCUT2D eigenvalue weighted by Gasteiger charge is -2.30. The van der Waals surface area contributed by atoms with E-state index < -0.39 is 24.5 Å². The molecule has 0 aliphatic heterocycles. The molecule has 6 nitrogen and oxygen atoms in total. The Bertz CT molecular complexity index is 425. The van der Waals surface area contributed by atoms with E-state index in [2.05, 4.69) is 15.7 Å². The van der Waals surface area contributed by atoms with Crippen molar-refractivity contribution in [1.82, 2.24) is 15.1 Å². The van der Waals surface area contributed by atoms with Gasteiger partial charge in [0.05, 0.1) is 24.0 Å². The number of nitrogens with one attached hydrogen (secondary N) is 2. The summed E-state index contributed by atoms with van der Waals surface area (Å²) in [6, 6.07) is -0.501. The van der Waals surface area contributed by atoms with Crippen LogP contribution < -0.4 is 10.6 Å². The predicted octanol–water partition coefficient (Wildman–Crippen LogP) is 1.82. The molecule has 0 saturated carbocycles. The molecule has 0 spiro atoms. The smallest absolute Gasteiger partial charge is 0.319 e. The fraction of sp³-hybridized carbons (Fsp3) is 0.667. The van der Waals surface area contributed by atoms with E-state index in [1.54, 1.807) is 0 Å². The number of hydrogen-bond donors (Lipinski definition) is 3. The summed E-state index contributed by atoms with van der Waals surface area (Å²) in [7, 11) is 0. The topological polar surface area (TPSA) is 79.2 Å². The normalized spacial score (nSPS) is 11.7. The van der Waals surface area contributed by atoms with Crippen molar-refractivity contribution >= 4 is 11.7 Å². The highest BCUT2D eigenvalue weighted by Gasteiger charge is 2.27. The van der Waals surface area contributed by atoms with Gasteiger partial charge in [0, 0.05) is 6.20 Å². The van der Waals surface area contributed by atoms with Gasteiger partial charge >= 0.3 is 6.03 Å². The number of aliphatic hydroxyl groups is 1. The molecule has 8 heteroatoms. The van der Waals surface area contributed by atoms with Gasteiger partial charge in [0.25, 0.3) is 6.43 Å². The number of carbonyl (C=O) groups is 1. The van der Waals surface area contributed by atoms with Gasteiger partial charge in [-0.2, -0.15) is 5.10 Å². The molecule has 3 N–H and O–H groups in total. The molecule has 0 aliphatic carbocycles. The summed E-state index contributed by atoms with van der Waals surface area (Å²) in [5.74, 6) is 0. The molecular weight excluding hydrogens is 270 g/mol. The number of halogens is 2. The summed E-state index contributed by atoms with van der Waals surface area (Å²) in [6.07, 6.45) is 1.28. The molecule has 114 valence electrons. The molecule has 1 aromatic heterocycles. The highest BCUT2D eigenvalue weighted by Crippen LogP contribution is 2.14. The zero-order valence-corrected chi connectivity index (χ0v) is 11.6. The van der Waals surface area contributed by atoms with Gasteiger partial charge in [-0.05, 0) is 12.8 Å². The molecule has 0 bridgehead atoms. The lowest BCUT2D eigenvalue weighted by molar-refractivity contribution is 0.122. The number of aromatic nitrogens is 2. The van der Waals surface area contributed by atoms with Crippen molar-refractivity contribution in [2.45, 2.75) is 45.2 Å². The molecule has 0 atom stereocenters. The van der Waals surface area contributed by atoms with E-state index >= 15 is 0 Å². The number of hydrogen-bond acceptors (Lipinski definition) is 3. The molecule has 20 heavy (non-hydrogen) atoms. The molecule has 0 fully saturated rings. The first-order chi connectivity index (χ1) is 9.44. The molecule has 0 aromatic carbocycles. The average molecular weight is 290 g/mol. The minimum atomic E-state index is -2.50. The largest absolute Gasteiger partial charge is 0.394 e. The third-order valence-electron chi connectivity index (χ3n) is 3.25. The van der Waals surface area contributed by atoms with Gasteiger partial charge < -0.3 is 15.7 Å². The van der Waals surface area contributed by atoms with Crippen LogP contribution in [0, 0.1) is 0 Å². The van der Waals surface area contributed by atoms with Gasteiger partial charge in [-0.25, -0.2) is 13.6 Å². The third kappa shape index (κ3) is 4.44. The van der Waals surface area contributed by atoms with Crippen molar-refractivity contribution in [3.63, 3.8) is 0 Å². The second-order valence-corrected chi connectivity index (χ2v) is 4.57. The molecule has 1 aromatic rings. The van der Waals surface area contributed by atoms with Crippen LogP contribution in [0.25, 0.3) is 0 Å². The molecule has 0 unspecified atom stereocenters. The molecule has 0 radical (unpaired) electrons. The first-order valence-corrected chi connectivity index (χ1v) is 6.45. The zero-order valence-electron chi connectivity index (χ0n) is 11.6. The number of rotatable bonds is 7. The van der Waals surface area contributed by atoms with Crippen molar-refractivity contribution in [2.24, 2.45) is 0 Å². The minimum absolute atomic E-state index is 0.169. The van der Waals surface area contributed by atoms with E-state index in [1.807, 2.05) is 13.8 Å². The Morgan fingerprint density at radius 3 is 2.65 bits per heavy atom. The van der Waals surface area contributed by atoms with E-state index in [0.717, 1.165) is 4.68 Å². The Morgan fingerprint density at radius 1 is 1.50 bits per heavy atom. The molecule has 0 aliphatic rings. The molecular formula is C12H20F2N4O2. The van der Waals surface area contributed by atoms with Gasteiger partial charge in [0.2, 0.25) is 0 Å². The average Bonchev–Trinajstić information content (AvgIpc) is 2.82. The summed E-state index contributed by atoms with van der Waals surface area (Å²) in [6.45, 7) is 3.03. The molecule has 2 amide bonds. The fourth-order valence-corrected chi connectivity index (χ4v) is 1.76. The Morgan fingerprint density at radius 2 is 2.15 bits per heavy atom. The van der Waals surface area contributed by atoms with Gasteiger partial charge in [-0.15, -0.1) is 0 Å². The summed E-state index contributed by atoms with van der Waals surface area (Å²) in [4.78, 5) is 11.8. The van der Waals surface area contributed by atoms with Crippen LogP contribution in [-0.4, -0.2) is 39.5 Å². The van der Waals surface area contributed by atoms with Crippen molar-refractivity contribution in [3.05, 3.63) is 12.4 Å². The number of amides is 2. The van der Waals surface area contributed by atoms with Crippen LogP contribution in [-0.2, 0) is 6.54 Å². The zero-order chi connectivity index (χ0) is 15.2. The van der Waals surface area contributed by atoms with Crippen molar-refractivity contribution in [2.75, 3.05) is 11.9 Å². The lowest BCUT2D eigenvalue weighted by atomic mass is 9.94. The molecule has 1 rings (SSSR count). The van der Waals surface area contributed by atoms with E-state index in [1.165, 1.54) is 12.4 Å². The molecule has 0 saturated heterocycles. The van der Waals surface area contributed by atoms with Gasteiger partial charge in [-0.3, -0.25) is 4.68 Å². The van der Waals surface area contributed by atoms with E-state index in [-0.39, 0.29) is 6.61 Å². The van der Waals surface area contributed by atoms with E-state index in [4.69, 9.17) is 0 Å². The van der Waals surface area contributed by atoms with Gasteiger partial charge in [0.15, 0.2) is 0 Å². The third-order valence-corrected chi connectivity index (χ3v) is 3.25. The van der Waals surface area contributed by atoms with Gasteiger partial charge in [0.1, 0.15) is 6.54 Å². The summed E-state index contributed by atoms with van der Waals surface area (Å²) in [5.41, 5.74) is -0.356. The maximum atomic E-state index is 12.2. The summed E-state index contributed by atoms with van der Waals surface area (Å²) < 4.78 is 25.4. The Kier molecular flexibility index (Phi) is 5.87. The van der Waals surface area contributed by atoms with Crippen LogP contribution in [0.2, 0.25) is 0 Å². The van der Waals surface area contributed by atoms with Crippen LogP contribution in [0.15, 0.2) is 12.4 Å². The Balaban J connectivity index is 2.60. The van der Waals surface area contributed by atoms with Crippen LogP contribution in [0.4, 0.5) is 19.3 Å².